The van der Waals surface area contributed by atoms with Gasteiger partial charge in [-0.3, -0.25) is 0 Å². The largest absolute Gasteiger partial charge is 0.463 e. The summed E-state index contributed by atoms with van der Waals surface area (Å²) in [7, 11) is 0. The van der Waals surface area contributed by atoms with Crippen molar-refractivity contribution in [2.75, 3.05) is 23.9 Å². The van der Waals surface area contributed by atoms with Gasteiger partial charge in [0.2, 0.25) is 11.9 Å². The van der Waals surface area contributed by atoms with E-state index in [2.05, 4.69) is 20.3 Å². The monoisotopic (exact) mass is 291 g/mol. The van der Waals surface area contributed by atoms with Gasteiger partial charge >= 0.3 is 6.01 Å². The minimum Gasteiger partial charge on any atom is -0.463 e. The first kappa shape index (κ1) is 14.4. The smallest absolute Gasteiger partial charge is 0.323 e. The molecule has 0 radical (unpaired) electrons. The number of thioether (sulfide) groups is 1. The van der Waals surface area contributed by atoms with Gasteiger partial charge < -0.3 is 15.8 Å². The van der Waals surface area contributed by atoms with Crippen molar-refractivity contribution in [1.29, 1.82) is 0 Å². The molecule has 3 N–H and O–H groups in total. The third-order valence-corrected chi connectivity index (χ3v) is 3.12. The first-order valence-corrected chi connectivity index (χ1v) is 7.49. The molecule has 0 saturated heterocycles. The highest BCUT2D eigenvalue weighted by Crippen LogP contribution is 2.21. The summed E-state index contributed by atoms with van der Waals surface area (Å²) in [6, 6.07) is 8.19. The Bertz CT molecular complexity index is 578. The zero-order valence-corrected chi connectivity index (χ0v) is 12.3. The van der Waals surface area contributed by atoms with E-state index < -0.39 is 0 Å². The van der Waals surface area contributed by atoms with Crippen LogP contribution in [0.1, 0.15) is 13.3 Å². The van der Waals surface area contributed by atoms with Crippen molar-refractivity contribution >= 4 is 29.3 Å². The van der Waals surface area contributed by atoms with Gasteiger partial charge in [0.15, 0.2) is 0 Å². The lowest BCUT2D eigenvalue weighted by molar-refractivity contribution is 0.292. The number of benzene rings is 1. The van der Waals surface area contributed by atoms with Crippen molar-refractivity contribution in [3.05, 3.63) is 24.3 Å². The van der Waals surface area contributed by atoms with Crippen LogP contribution >= 0.6 is 11.8 Å². The molecule has 0 amide bonds. The lowest BCUT2D eigenvalue weighted by Gasteiger charge is -2.08. The van der Waals surface area contributed by atoms with Gasteiger partial charge in [-0.15, -0.1) is 11.8 Å². The number of nitrogen functional groups attached to an aromatic ring is 1. The standard InChI is InChI=1S/C13H17N5OS/c1-3-7-19-13-17-11(14)16-12(18-13)15-9-5-4-6-10(8-9)20-2/h4-6,8H,3,7H2,1-2H3,(H3,14,15,16,17,18). The van der Waals surface area contributed by atoms with Crippen molar-refractivity contribution in [3.63, 3.8) is 0 Å². The maximum Gasteiger partial charge on any atom is 0.323 e. The van der Waals surface area contributed by atoms with Crippen molar-refractivity contribution in [2.45, 2.75) is 18.2 Å². The number of nitrogens with one attached hydrogen (secondary N) is 1. The van der Waals surface area contributed by atoms with Crippen molar-refractivity contribution in [3.8, 4) is 6.01 Å². The third kappa shape index (κ3) is 3.99. The van der Waals surface area contributed by atoms with Gasteiger partial charge in [0.25, 0.3) is 0 Å². The topological polar surface area (TPSA) is 86.0 Å². The predicted octanol–water partition coefficient (Wildman–Crippen LogP) is 2.71. The summed E-state index contributed by atoms with van der Waals surface area (Å²) >= 11 is 1.67. The average molecular weight is 291 g/mol. The molecule has 7 heteroatoms. The molecule has 0 bridgehead atoms. The van der Waals surface area contributed by atoms with E-state index in [9.17, 15) is 0 Å². The van der Waals surface area contributed by atoms with Crippen LogP contribution in [0.4, 0.5) is 17.6 Å². The van der Waals surface area contributed by atoms with Gasteiger partial charge in [0, 0.05) is 10.6 Å². The van der Waals surface area contributed by atoms with Crippen molar-refractivity contribution < 1.29 is 4.74 Å². The van der Waals surface area contributed by atoms with Crippen LogP contribution in [0.3, 0.4) is 0 Å². The SMILES string of the molecule is CCCOc1nc(N)nc(Nc2cccc(SC)c2)n1. The van der Waals surface area contributed by atoms with Crippen LogP contribution in [-0.4, -0.2) is 27.8 Å². The number of nitrogens with zero attached hydrogens (tertiary/aromatic N) is 3. The van der Waals surface area contributed by atoms with E-state index >= 15 is 0 Å². The Morgan fingerprint density at radius 2 is 2.15 bits per heavy atom. The molecule has 106 valence electrons. The summed E-state index contributed by atoms with van der Waals surface area (Å²) in [5.74, 6) is 0.511. The quantitative estimate of drug-likeness (QED) is 0.791. The van der Waals surface area contributed by atoms with Gasteiger partial charge in [-0.25, -0.2) is 0 Å². The molecule has 0 fully saturated rings. The second-order valence-electron chi connectivity index (χ2n) is 4.01. The maximum absolute atomic E-state index is 5.65. The van der Waals surface area contributed by atoms with Gasteiger partial charge in [0.05, 0.1) is 6.61 Å². The average Bonchev–Trinajstić information content (AvgIpc) is 2.44. The van der Waals surface area contributed by atoms with Crippen molar-refractivity contribution in [2.24, 2.45) is 0 Å². The highest BCUT2D eigenvalue weighted by atomic mass is 32.2. The first-order chi connectivity index (χ1) is 9.71. The van der Waals surface area contributed by atoms with Gasteiger partial charge in [-0.1, -0.05) is 13.0 Å². The molecule has 0 unspecified atom stereocenters. The Hall–Kier alpha value is -2.02. The number of ether oxygens (including phenoxy) is 1. The molecular formula is C13H17N5OS. The Morgan fingerprint density at radius 1 is 1.30 bits per heavy atom. The van der Waals surface area contributed by atoms with E-state index in [1.54, 1.807) is 11.8 Å². The molecule has 0 atom stereocenters. The normalized spacial score (nSPS) is 10.3. The molecule has 0 saturated carbocycles. The van der Waals surface area contributed by atoms with Gasteiger partial charge in [-0.05, 0) is 30.9 Å². The number of nitrogens with two attached hydrogens (primary N) is 1. The van der Waals surface area contributed by atoms with Gasteiger partial charge in [-0.2, -0.15) is 15.0 Å². The molecule has 1 heterocycles. The number of aromatic nitrogens is 3. The van der Waals surface area contributed by atoms with Crippen LogP contribution in [0.2, 0.25) is 0 Å². The Labute approximate surface area is 122 Å². The zero-order valence-electron chi connectivity index (χ0n) is 11.5. The number of anilines is 3. The van der Waals surface area contributed by atoms with E-state index in [1.165, 1.54) is 0 Å². The molecule has 0 aliphatic carbocycles. The fourth-order valence-corrected chi connectivity index (χ4v) is 1.98. The molecule has 0 aliphatic heterocycles. The van der Waals surface area contributed by atoms with E-state index in [1.807, 2.05) is 37.4 Å². The predicted molar refractivity (Wildman–Crippen MR) is 81.5 cm³/mol. The van der Waals surface area contributed by atoms with Crippen LogP contribution in [-0.2, 0) is 0 Å². The van der Waals surface area contributed by atoms with Crippen LogP contribution in [0, 0.1) is 0 Å². The second-order valence-corrected chi connectivity index (χ2v) is 4.88. The molecule has 6 nitrogen and oxygen atoms in total. The number of hydrogen-bond acceptors (Lipinski definition) is 7. The Kier molecular flexibility index (Phi) is 5.00. The van der Waals surface area contributed by atoms with E-state index in [-0.39, 0.29) is 12.0 Å². The fourth-order valence-electron chi connectivity index (χ4n) is 1.52. The summed E-state index contributed by atoms with van der Waals surface area (Å²) < 4.78 is 5.37. The summed E-state index contributed by atoms with van der Waals surface area (Å²) in [5.41, 5.74) is 6.55. The van der Waals surface area contributed by atoms with Gasteiger partial charge in [0.1, 0.15) is 0 Å². The maximum atomic E-state index is 5.65. The third-order valence-electron chi connectivity index (χ3n) is 2.39. The van der Waals surface area contributed by atoms with E-state index in [0.29, 0.717) is 12.6 Å². The zero-order chi connectivity index (χ0) is 14.4. The molecule has 20 heavy (non-hydrogen) atoms. The highest BCUT2D eigenvalue weighted by molar-refractivity contribution is 7.98. The fraction of sp³-hybridized carbons (Fsp3) is 0.308. The Morgan fingerprint density at radius 3 is 2.90 bits per heavy atom. The number of rotatable bonds is 6. The van der Waals surface area contributed by atoms with E-state index in [4.69, 9.17) is 10.5 Å². The lowest BCUT2D eigenvalue weighted by Crippen LogP contribution is -2.07. The molecule has 0 aliphatic rings. The summed E-state index contributed by atoms with van der Waals surface area (Å²) in [4.78, 5) is 13.3. The van der Waals surface area contributed by atoms with Crippen LogP contribution in [0.25, 0.3) is 0 Å². The molecule has 2 aromatic rings. The molecule has 1 aromatic heterocycles. The first-order valence-electron chi connectivity index (χ1n) is 6.26. The minimum absolute atomic E-state index is 0.134. The second kappa shape index (κ2) is 6.95. The molecular weight excluding hydrogens is 274 g/mol. The number of hydrogen-bond donors (Lipinski definition) is 2. The molecule has 0 spiro atoms. The van der Waals surface area contributed by atoms with Crippen LogP contribution in [0.5, 0.6) is 6.01 Å². The minimum atomic E-state index is 0.134. The van der Waals surface area contributed by atoms with Crippen LogP contribution < -0.4 is 15.8 Å². The summed E-state index contributed by atoms with van der Waals surface area (Å²) in [6.45, 7) is 2.56. The summed E-state index contributed by atoms with van der Waals surface area (Å²) in [5, 5.41) is 3.10. The summed E-state index contributed by atoms with van der Waals surface area (Å²) in [6.07, 6.45) is 2.90. The van der Waals surface area contributed by atoms with E-state index in [0.717, 1.165) is 17.0 Å². The molecule has 1 aromatic carbocycles. The Balaban J connectivity index is 2.17. The lowest BCUT2D eigenvalue weighted by atomic mass is 10.3. The molecule has 2 rings (SSSR count). The van der Waals surface area contributed by atoms with Crippen LogP contribution in [0.15, 0.2) is 29.2 Å². The van der Waals surface area contributed by atoms with Crippen molar-refractivity contribution in [1.82, 2.24) is 15.0 Å². The highest BCUT2D eigenvalue weighted by Gasteiger charge is 2.06.